The maximum Gasteiger partial charge on any atom is 0.293 e. The van der Waals surface area contributed by atoms with E-state index in [1.165, 1.54) is 0 Å². The Morgan fingerprint density at radius 1 is 1.35 bits per heavy atom. The van der Waals surface area contributed by atoms with Gasteiger partial charge in [-0.05, 0) is 32.1 Å². The maximum atomic E-state index is 10.7. The van der Waals surface area contributed by atoms with Gasteiger partial charge in [-0.25, -0.2) is 0 Å². The molecule has 2 aliphatic heterocycles. The Kier molecular flexibility index (Phi) is 2.87. The van der Waals surface area contributed by atoms with Crippen molar-refractivity contribution in [2.45, 2.75) is 75.5 Å². The van der Waals surface area contributed by atoms with Crippen LogP contribution >= 0.6 is 0 Å². The monoisotopic (exact) mass is 240 g/mol. The Hall–Kier alpha value is -0.610. The van der Waals surface area contributed by atoms with Crippen LogP contribution in [0.1, 0.15) is 45.4 Å². The molecule has 1 saturated carbocycles. The van der Waals surface area contributed by atoms with Gasteiger partial charge in [0.1, 0.15) is 5.60 Å². The van der Waals surface area contributed by atoms with Gasteiger partial charge in [0, 0.05) is 6.42 Å². The summed E-state index contributed by atoms with van der Waals surface area (Å²) in [4.78, 5) is 10.7. The van der Waals surface area contributed by atoms with Crippen LogP contribution in [-0.2, 0) is 19.0 Å². The molecule has 5 unspecified atom stereocenters. The molecule has 0 aromatic rings. The van der Waals surface area contributed by atoms with Gasteiger partial charge in [-0.2, -0.15) is 0 Å². The number of fused-ring (bicyclic) bond motifs is 1. The summed E-state index contributed by atoms with van der Waals surface area (Å²) in [6.07, 6.45) is 7.47. The first-order chi connectivity index (χ1) is 8.26. The van der Waals surface area contributed by atoms with Crippen LogP contribution in [-0.4, -0.2) is 36.5 Å². The number of hydrogen-bond acceptors (Lipinski definition) is 4. The van der Waals surface area contributed by atoms with Crippen molar-refractivity contribution in [1.82, 2.24) is 0 Å². The first kappa shape index (κ1) is 11.5. The summed E-state index contributed by atoms with van der Waals surface area (Å²) in [6, 6.07) is 0. The molecule has 0 aromatic heterocycles. The third-order valence-corrected chi connectivity index (χ3v) is 4.42. The van der Waals surface area contributed by atoms with Crippen molar-refractivity contribution in [3.63, 3.8) is 0 Å². The van der Waals surface area contributed by atoms with Crippen LogP contribution in [0.15, 0.2) is 0 Å². The molecule has 1 aliphatic carbocycles. The standard InChI is InChI=1S/C13H20O4/c1-2-9-10(16-9)3-5-13(15-8-14)6-4-11-12(7-13)17-11/h8-12H,2-7H2,1H3. The second-order valence-electron chi connectivity index (χ2n) is 5.51. The fourth-order valence-electron chi connectivity index (χ4n) is 3.18. The van der Waals surface area contributed by atoms with Crippen LogP contribution in [0.2, 0.25) is 0 Å². The Labute approximate surface area is 102 Å². The highest BCUT2D eigenvalue weighted by molar-refractivity contribution is 5.38. The summed E-state index contributed by atoms with van der Waals surface area (Å²) < 4.78 is 16.5. The van der Waals surface area contributed by atoms with Gasteiger partial charge < -0.3 is 14.2 Å². The van der Waals surface area contributed by atoms with E-state index in [1.54, 1.807) is 0 Å². The van der Waals surface area contributed by atoms with E-state index < -0.39 is 0 Å². The molecule has 0 spiro atoms. The molecule has 2 saturated heterocycles. The Morgan fingerprint density at radius 3 is 2.88 bits per heavy atom. The molecule has 0 bridgehead atoms. The van der Waals surface area contributed by atoms with Gasteiger partial charge in [0.2, 0.25) is 0 Å². The van der Waals surface area contributed by atoms with Crippen LogP contribution in [0.25, 0.3) is 0 Å². The summed E-state index contributed by atoms with van der Waals surface area (Å²) in [5.41, 5.74) is -0.274. The molecule has 3 rings (SSSR count). The highest BCUT2D eigenvalue weighted by Gasteiger charge is 2.52. The van der Waals surface area contributed by atoms with Crippen LogP contribution in [0.5, 0.6) is 0 Å². The molecule has 4 heteroatoms. The molecule has 3 aliphatic rings. The molecule has 3 fully saturated rings. The van der Waals surface area contributed by atoms with Gasteiger partial charge in [-0.15, -0.1) is 0 Å². The van der Waals surface area contributed by atoms with Crippen molar-refractivity contribution in [2.24, 2.45) is 0 Å². The Bertz CT molecular complexity index is 306. The van der Waals surface area contributed by atoms with Gasteiger partial charge >= 0.3 is 0 Å². The number of ether oxygens (including phenoxy) is 3. The molecule has 0 radical (unpaired) electrons. The minimum absolute atomic E-state index is 0.274. The highest BCUT2D eigenvalue weighted by Crippen LogP contribution is 2.46. The quantitative estimate of drug-likeness (QED) is 0.525. The van der Waals surface area contributed by atoms with E-state index in [4.69, 9.17) is 14.2 Å². The smallest absolute Gasteiger partial charge is 0.293 e. The second kappa shape index (κ2) is 4.25. The average Bonchev–Trinajstić information content (AvgIpc) is 3.22. The van der Waals surface area contributed by atoms with Crippen molar-refractivity contribution in [3.8, 4) is 0 Å². The number of carbonyl (C=O) groups is 1. The predicted molar refractivity (Wildman–Crippen MR) is 60.6 cm³/mol. The Morgan fingerprint density at radius 2 is 2.24 bits per heavy atom. The number of hydrogen-bond donors (Lipinski definition) is 0. The fourth-order valence-corrected chi connectivity index (χ4v) is 3.18. The van der Waals surface area contributed by atoms with E-state index in [1.807, 2.05) is 0 Å². The minimum Gasteiger partial charge on any atom is -0.461 e. The predicted octanol–water partition coefficient (Wildman–Crippen LogP) is 1.81. The maximum absolute atomic E-state index is 10.7. The number of rotatable bonds is 6. The van der Waals surface area contributed by atoms with Crippen molar-refractivity contribution in [1.29, 1.82) is 0 Å². The molecule has 5 atom stereocenters. The van der Waals surface area contributed by atoms with E-state index >= 15 is 0 Å². The molecule has 0 N–H and O–H groups in total. The van der Waals surface area contributed by atoms with Crippen LogP contribution in [0.4, 0.5) is 0 Å². The van der Waals surface area contributed by atoms with E-state index in [0.717, 1.165) is 38.5 Å². The Balaban J connectivity index is 1.54. The molecule has 0 amide bonds. The van der Waals surface area contributed by atoms with Gasteiger partial charge in [-0.3, -0.25) is 4.79 Å². The van der Waals surface area contributed by atoms with E-state index in [0.29, 0.717) is 30.9 Å². The lowest BCUT2D eigenvalue weighted by Gasteiger charge is -2.33. The zero-order chi connectivity index (χ0) is 11.9. The lowest BCUT2D eigenvalue weighted by atomic mass is 9.81. The van der Waals surface area contributed by atoms with Crippen molar-refractivity contribution in [2.75, 3.05) is 0 Å². The van der Waals surface area contributed by atoms with Gasteiger partial charge in [0.15, 0.2) is 0 Å². The minimum atomic E-state index is -0.274. The highest BCUT2D eigenvalue weighted by atomic mass is 16.6. The van der Waals surface area contributed by atoms with Crippen molar-refractivity contribution >= 4 is 6.47 Å². The van der Waals surface area contributed by atoms with Crippen molar-refractivity contribution in [3.05, 3.63) is 0 Å². The van der Waals surface area contributed by atoms with Crippen LogP contribution in [0, 0.1) is 0 Å². The molecule has 96 valence electrons. The van der Waals surface area contributed by atoms with Crippen molar-refractivity contribution < 1.29 is 19.0 Å². The van der Waals surface area contributed by atoms with E-state index in [9.17, 15) is 4.79 Å². The fraction of sp³-hybridized carbons (Fsp3) is 0.923. The topological polar surface area (TPSA) is 51.4 Å². The van der Waals surface area contributed by atoms with E-state index in [2.05, 4.69) is 6.92 Å². The van der Waals surface area contributed by atoms with Crippen LogP contribution in [0.3, 0.4) is 0 Å². The SMILES string of the molecule is CCC1OC1CCC1(OC=O)CCC2OC2C1. The molecular weight excluding hydrogens is 220 g/mol. The summed E-state index contributed by atoms with van der Waals surface area (Å²) in [5, 5.41) is 0. The third kappa shape index (κ3) is 2.33. The summed E-state index contributed by atoms with van der Waals surface area (Å²) >= 11 is 0. The molecular formula is C13H20O4. The summed E-state index contributed by atoms with van der Waals surface area (Å²) in [7, 11) is 0. The lowest BCUT2D eigenvalue weighted by molar-refractivity contribution is -0.147. The summed E-state index contributed by atoms with van der Waals surface area (Å²) in [5.74, 6) is 0. The van der Waals surface area contributed by atoms with Gasteiger partial charge in [0.25, 0.3) is 6.47 Å². The third-order valence-electron chi connectivity index (χ3n) is 4.42. The first-order valence-electron chi connectivity index (χ1n) is 6.69. The molecule has 4 nitrogen and oxygen atoms in total. The van der Waals surface area contributed by atoms with Gasteiger partial charge in [-0.1, -0.05) is 6.92 Å². The molecule has 2 heterocycles. The lowest BCUT2D eigenvalue weighted by Crippen LogP contribution is -2.38. The first-order valence-corrected chi connectivity index (χ1v) is 6.69. The number of carbonyl (C=O) groups excluding carboxylic acids is 1. The normalized spacial score (nSPS) is 47.1. The summed E-state index contributed by atoms with van der Waals surface area (Å²) in [6.45, 7) is 2.75. The molecule has 0 aromatic carbocycles. The zero-order valence-electron chi connectivity index (χ0n) is 10.3. The molecule has 17 heavy (non-hydrogen) atoms. The van der Waals surface area contributed by atoms with E-state index in [-0.39, 0.29) is 5.60 Å². The van der Waals surface area contributed by atoms with Crippen LogP contribution < -0.4 is 0 Å². The number of epoxide rings is 2. The largest absolute Gasteiger partial charge is 0.461 e. The second-order valence-corrected chi connectivity index (χ2v) is 5.51. The average molecular weight is 240 g/mol. The zero-order valence-corrected chi connectivity index (χ0v) is 10.3. The van der Waals surface area contributed by atoms with Gasteiger partial charge in [0.05, 0.1) is 24.4 Å².